The van der Waals surface area contributed by atoms with Gasteiger partial charge in [-0.3, -0.25) is 13.8 Å². The lowest BCUT2D eigenvalue weighted by Crippen LogP contribution is -2.37. The highest BCUT2D eigenvalue weighted by Crippen LogP contribution is 2.43. The van der Waals surface area contributed by atoms with E-state index in [1.54, 1.807) is 0 Å². The molecule has 0 aliphatic carbocycles. The van der Waals surface area contributed by atoms with E-state index in [0.717, 1.165) is 96.3 Å². The predicted octanol–water partition coefficient (Wildman–Crippen LogP) is 13.3. The Balaban J connectivity index is 4.19. The Morgan fingerprint density at radius 1 is 0.561 bits per heavy atom. The van der Waals surface area contributed by atoms with Crippen LogP contribution in [0.4, 0.5) is 0 Å². The third kappa shape index (κ3) is 44.6. The summed E-state index contributed by atoms with van der Waals surface area (Å²) >= 11 is 0. The van der Waals surface area contributed by atoms with Crippen LogP contribution in [0.15, 0.2) is 85.1 Å². The lowest BCUT2D eigenvalue weighted by atomic mass is 10.1. The highest BCUT2D eigenvalue weighted by atomic mass is 31.2. The van der Waals surface area contributed by atoms with Gasteiger partial charge >= 0.3 is 13.8 Å². The topological polar surface area (TPSA) is 91.3 Å². The normalized spacial score (nSPS) is 14.6. The minimum Gasteiger partial charge on any atom is -0.457 e. The number of phosphoric acid groups is 1. The van der Waals surface area contributed by atoms with E-state index in [0.29, 0.717) is 24.1 Å². The summed E-state index contributed by atoms with van der Waals surface area (Å²) in [7, 11) is 1.64. The number of rotatable bonds is 40. The molecule has 328 valence electrons. The van der Waals surface area contributed by atoms with E-state index in [9.17, 15) is 14.3 Å². The first kappa shape index (κ1) is 54.7. The fourth-order valence-corrected chi connectivity index (χ4v) is 6.27. The number of hydrogen-bond donors (Lipinski definition) is 1. The second-order valence-corrected chi connectivity index (χ2v) is 17.2. The molecule has 0 aliphatic heterocycles. The SMILES string of the molecule is CC/C=C\C/C=C\C/C=C\C/C=C\C/C=C\C/C=C\C/C=C\CCCCCCOCC(COP(=O)(O)OCC[N+](C)(C)C)OC(=O)CCCCCCCCCCC. The smallest absolute Gasteiger partial charge is 0.457 e. The molecule has 0 aliphatic rings. The number of allylic oxidation sites excluding steroid dienone is 14. The summed E-state index contributed by atoms with van der Waals surface area (Å²) in [5.74, 6) is -0.331. The van der Waals surface area contributed by atoms with Crippen LogP contribution in [0, 0.1) is 0 Å². The summed E-state index contributed by atoms with van der Waals surface area (Å²) < 4.78 is 34.9. The molecule has 2 unspecified atom stereocenters. The molecule has 2 atom stereocenters. The summed E-state index contributed by atoms with van der Waals surface area (Å²) in [6.07, 6.45) is 53.5. The van der Waals surface area contributed by atoms with Crippen molar-refractivity contribution in [1.82, 2.24) is 0 Å². The third-order valence-electron chi connectivity index (χ3n) is 8.97. The summed E-state index contributed by atoms with van der Waals surface area (Å²) in [6.45, 7) is 5.40. The van der Waals surface area contributed by atoms with E-state index in [1.807, 2.05) is 21.1 Å². The molecular formula is C48H85NO7P+. The van der Waals surface area contributed by atoms with Crippen molar-refractivity contribution in [2.24, 2.45) is 0 Å². The maximum atomic E-state index is 12.6. The molecule has 0 saturated carbocycles. The van der Waals surface area contributed by atoms with Gasteiger partial charge in [0.1, 0.15) is 19.3 Å². The molecule has 0 rings (SSSR count). The Bertz CT molecular complexity index is 1180. The van der Waals surface area contributed by atoms with E-state index in [-0.39, 0.29) is 25.8 Å². The second-order valence-electron chi connectivity index (χ2n) is 15.7. The highest BCUT2D eigenvalue weighted by molar-refractivity contribution is 7.47. The zero-order valence-corrected chi connectivity index (χ0v) is 37.9. The second kappa shape index (κ2) is 40.5. The Morgan fingerprint density at radius 3 is 1.53 bits per heavy atom. The minimum atomic E-state index is -4.28. The molecule has 1 N–H and O–H groups in total. The molecule has 0 aromatic heterocycles. The molecule has 0 spiro atoms. The zero-order valence-electron chi connectivity index (χ0n) is 37.0. The van der Waals surface area contributed by atoms with Crippen LogP contribution in [-0.2, 0) is 27.9 Å². The fourth-order valence-electron chi connectivity index (χ4n) is 5.53. The van der Waals surface area contributed by atoms with Crippen LogP contribution in [0.3, 0.4) is 0 Å². The quantitative estimate of drug-likeness (QED) is 0.0216. The number of phosphoric ester groups is 1. The van der Waals surface area contributed by atoms with Gasteiger partial charge in [-0.05, 0) is 70.6 Å². The zero-order chi connectivity index (χ0) is 42.0. The Morgan fingerprint density at radius 2 is 1.02 bits per heavy atom. The van der Waals surface area contributed by atoms with Gasteiger partial charge in [0, 0.05) is 13.0 Å². The predicted molar refractivity (Wildman–Crippen MR) is 242 cm³/mol. The number of unbranched alkanes of at least 4 members (excludes halogenated alkanes) is 12. The van der Waals surface area contributed by atoms with E-state index in [1.165, 1.54) is 38.5 Å². The van der Waals surface area contributed by atoms with Gasteiger partial charge in [0.25, 0.3) is 0 Å². The number of nitrogens with zero attached hydrogens (tertiary/aromatic N) is 1. The Hall–Kier alpha value is -2.32. The van der Waals surface area contributed by atoms with Crippen LogP contribution in [0.25, 0.3) is 0 Å². The largest absolute Gasteiger partial charge is 0.472 e. The summed E-state index contributed by atoms with van der Waals surface area (Å²) in [5, 5.41) is 0. The summed E-state index contributed by atoms with van der Waals surface area (Å²) in [5.41, 5.74) is 0. The van der Waals surface area contributed by atoms with E-state index >= 15 is 0 Å². The molecule has 9 heteroatoms. The van der Waals surface area contributed by atoms with Gasteiger partial charge in [-0.25, -0.2) is 4.57 Å². The van der Waals surface area contributed by atoms with Crippen molar-refractivity contribution in [2.45, 2.75) is 161 Å². The average Bonchev–Trinajstić information content (AvgIpc) is 3.16. The molecule has 0 aromatic rings. The molecule has 0 radical (unpaired) electrons. The number of carbonyl (C=O) groups excluding carboxylic acids is 1. The van der Waals surface area contributed by atoms with Gasteiger partial charge in [0.2, 0.25) is 0 Å². The van der Waals surface area contributed by atoms with E-state index < -0.39 is 13.9 Å². The number of hydrogen-bond acceptors (Lipinski definition) is 6. The van der Waals surface area contributed by atoms with Gasteiger partial charge in [-0.15, -0.1) is 0 Å². The molecule has 0 fully saturated rings. The molecular weight excluding hydrogens is 734 g/mol. The fraction of sp³-hybridized carbons (Fsp3) is 0.688. The van der Waals surface area contributed by atoms with Gasteiger partial charge in [0.15, 0.2) is 0 Å². The van der Waals surface area contributed by atoms with Crippen LogP contribution in [-0.4, -0.2) is 75.6 Å². The maximum absolute atomic E-state index is 12.6. The summed E-state index contributed by atoms with van der Waals surface area (Å²) in [6, 6.07) is 0. The van der Waals surface area contributed by atoms with Crippen LogP contribution in [0.2, 0.25) is 0 Å². The van der Waals surface area contributed by atoms with Crippen molar-refractivity contribution >= 4 is 13.8 Å². The molecule has 0 saturated heterocycles. The number of esters is 1. The molecule has 8 nitrogen and oxygen atoms in total. The molecule has 0 heterocycles. The standard InChI is InChI=1S/C48H84NO7P/c1-6-8-10-12-14-16-17-18-19-20-21-22-23-24-25-26-27-28-29-30-31-32-34-36-38-40-43-53-45-47(46-55-57(51,52)54-44-42-49(3,4)5)56-48(50)41-39-37-35-33-15-13-11-9-7-2/h8,10,14,16,18-19,21-22,24-25,27-28,30-31,47H,6-7,9,11-13,15,17,20,23,26,29,32-46H2,1-5H3/p+1/b10-8-,16-14-,19-18-,22-21-,25-24-,28-27-,31-30-. The van der Waals surface area contributed by atoms with Crippen molar-refractivity contribution in [3.8, 4) is 0 Å². The number of likely N-dealkylation sites (N-methyl/N-ethyl adjacent to an activating group) is 1. The average molecular weight is 819 g/mol. The Kier molecular flexibility index (Phi) is 38.8. The van der Waals surface area contributed by atoms with Crippen LogP contribution >= 0.6 is 7.82 Å². The van der Waals surface area contributed by atoms with Crippen LogP contribution in [0.1, 0.15) is 155 Å². The van der Waals surface area contributed by atoms with E-state index in [2.05, 4.69) is 98.9 Å². The molecule has 57 heavy (non-hydrogen) atoms. The first-order valence-corrected chi connectivity index (χ1v) is 23.8. The lowest BCUT2D eigenvalue weighted by Gasteiger charge is -2.24. The van der Waals surface area contributed by atoms with Crippen molar-refractivity contribution in [3.05, 3.63) is 85.1 Å². The van der Waals surface area contributed by atoms with Crippen LogP contribution < -0.4 is 0 Å². The molecule has 0 aromatic carbocycles. The van der Waals surface area contributed by atoms with Gasteiger partial charge in [-0.1, -0.05) is 163 Å². The lowest BCUT2D eigenvalue weighted by molar-refractivity contribution is -0.870. The van der Waals surface area contributed by atoms with E-state index in [4.69, 9.17) is 18.5 Å². The highest BCUT2D eigenvalue weighted by Gasteiger charge is 2.26. The van der Waals surface area contributed by atoms with Gasteiger partial charge < -0.3 is 18.9 Å². The van der Waals surface area contributed by atoms with Crippen molar-refractivity contribution in [1.29, 1.82) is 0 Å². The number of carbonyl (C=O) groups is 1. The first-order chi connectivity index (χ1) is 27.6. The van der Waals surface area contributed by atoms with Gasteiger partial charge in [0.05, 0.1) is 34.4 Å². The van der Waals surface area contributed by atoms with Crippen molar-refractivity contribution < 1.29 is 37.3 Å². The monoisotopic (exact) mass is 819 g/mol. The first-order valence-electron chi connectivity index (χ1n) is 22.3. The molecule has 0 bridgehead atoms. The summed E-state index contributed by atoms with van der Waals surface area (Å²) in [4.78, 5) is 22.8. The third-order valence-corrected chi connectivity index (χ3v) is 9.96. The van der Waals surface area contributed by atoms with Crippen molar-refractivity contribution in [3.63, 3.8) is 0 Å². The van der Waals surface area contributed by atoms with Crippen molar-refractivity contribution in [2.75, 3.05) is 54.1 Å². The van der Waals surface area contributed by atoms with Gasteiger partial charge in [-0.2, -0.15) is 0 Å². The van der Waals surface area contributed by atoms with Crippen LogP contribution in [0.5, 0.6) is 0 Å². The Labute approximate surface area is 350 Å². The molecule has 0 amide bonds. The number of ether oxygens (including phenoxy) is 2. The maximum Gasteiger partial charge on any atom is 0.472 e. The minimum absolute atomic E-state index is 0.0795. The number of quaternary nitrogens is 1.